The van der Waals surface area contributed by atoms with Crippen molar-refractivity contribution < 1.29 is 23.1 Å². The third-order valence-corrected chi connectivity index (χ3v) is 5.73. The van der Waals surface area contributed by atoms with E-state index in [0.717, 1.165) is 0 Å². The van der Waals surface area contributed by atoms with Crippen molar-refractivity contribution in [3.63, 3.8) is 0 Å². The Morgan fingerprint density at radius 1 is 1.41 bits per heavy atom. The SMILES string of the molecule is Cc1cc(Cl)ccc1S(=O)(=O)NCC1(C(=O)O)CCOCC1. The first kappa shape index (κ1) is 17.2. The van der Waals surface area contributed by atoms with Crippen LogP contribution < -0.4 is 4.72 Å². The minimum atomic E-state index is -3.79. The highest BCUT2D eigenvalue weighted by molar-refractivity contribution is 7.89. The van der Waals surface area contributed by atoms with Crippen LogP contribution >= 0.6 is 11.6 Å². The van der Waals surface area contributed by atoms with Gasteiger partial charge in [0.15, 0.2) is 0 Å². The second kappa shape index (κ2) is 6.54. The number of rotatable bonds is 5. The first-order valence-corrected chi connectivity index (χ1v) is 8.70. The van der Waals surface area contributed by atoms with Gasteiger partial charge < -0.3 is 9.84 Å². The second-order valence-corrected chi connectivity index (χ2v) is 7.60. The zero-order valence-corrected chi connectivity index (χ0v) is 13.7. The van der Waals surface area contributed by atoms with Crippen LogP contribution in [0.2, 0.25) is 5.02 Å². The predicted molar refractivity (Wildman–Crippen MR) is 81.5 cm³/mol. The fourth-order valence-corrected chi connectivity index (χ4v) is 4.03. The maximum absolute atomic E-state index is 12.4. The van der Waals surface area contributed by atoms with Gasteiger partial charge in [0.1, 0.15) is 0 Å². The Morgan fingerprint density at radius 3 is 2.59 bits per heavy atom. The molecule has 122 valence electrons. The molecular formula is C14H18ClNO5S. The van der Waals surface area contributed by atoms with E-state index in [-0.39, 0.29) is 24.3 Å². The summed E-state index contributed by atoms with van der Waals surface area (Å²) in [5.41, 5.74) is -0.609. The number of aliphatic carboxylic acids is 1. The lowest BCUT2D eigenvalue weighted by Gasteiger charge is -2.33. The minimum absolute atomic E-state index is 0.101. The Balaban J connectivity index is 2.19. The number of carbonyl (C=O) groups is 1. The molecule has 0 spiro atoms. The molecular weight excluding hydrogens is 330 g/mol. The summed E-state index contributed by atoms with van der Waals surface area (Å²) >= 11 is 5.82. The Bertz CT molecular complexity index is 668. The fraction of sp³-hybridized carbons (Fsp3) is 0.500. The van der Waals surface area contributed by atoms with Crippen molar-refractivity contribution in [1.82, 2.24) is 4.72 Å². The van der Waals surface area contributed by atoms with Crippen molar-refractivity contribution in [3.8, 4) is 0 Å². The molecule has 0 bridgehead atoms. The lowest BCUT2D eigenvalue weighted by atomic mass is 9.80. The van der Waals surface area contributed by atoms with Gasteiger partial charge in [0.05, 0.1) is 10.3 Å². The molecule has 0 aliphatic carbocycles. The maximum atomic E-state index is 12.4. The van der Waals surface area contributed by atoms with Crippen molar-refractivity contribution in [2.45, 2.75) is 24.7 Å². The van der Waals surface area contributed by atoms with Gasteiger partial charge >= 0.3 is 5.97 Å². The van der Waals surface area contributed by atoms with Crippen LogP contribution in [0.4, 0.5) is 0 Å². The molecule has 22 heavy (non-hydrogen) atoms. The Labute approximate surface area is 134 Å². The van der Waals surface area contributed by atoms with E-state index < -0.39 is 21.4 Å². The molecule has 2 rings (SSSR count). The number of carboxylic acid groups (broad SMARTS) is 1. The van der Waals surface area contributed by atoms with Crippen LogP contribution in [0.3, 0.4) is 0 Å². The van der Waals surface area contributed by atoms with Gasteiger partial charge in [-0.2, -0.15) is 0 Å². The molecule has 0 aromatic heterocycles. The molecule has 0 atom stereocenters. The van der Waals surface area contributed by atoms with Crippen LogP contribution in [-0.4, -0.2) is 39.3 Å². The lowest BCUT2D eigenvalue weighted by Crippen LogP contribution is -2.46. The number of aryl methyl sites for hydroxylation is 1. The quantitative estimate of drug-likeness (QED) is 0.847. The van der Waals surface area contributed by atoms with Gasteiger partial charge in [-0.15, -0.1) is 0 Å². The smallest absolute Gasteiger partial charge is 0.311 e. The van der Waals surface area contributed by atoms with E-state index in [1.165, 1.54) is 12.1 Å². The van der Waals surface area contributed by atoms with E-state index in [9.17, 15) is 18.3 Å². The van der Waals surface area contributed by atoms with Gasteiger partial charge in [0.25, 0.3) is 0 Å². The number of benzene rings is 1. The molecule has 1 saturated heterocycles. The molecule has 8 heteroatoms. The standard InChI is InChI=1S/C14H18ClNO5S/c1-10-8-11(15)2-3-12(10)22(19,20)16-9-14(13(17)18)4-6-21-7-5-14/h2-3,8,16H,4-7,9H2,1H3,(H,17,18). The first-order chi connectivity index (χ1) is 10.3. The van der Waals surface area contributed by atoms with E-state index in [1.807, 2.05) is 0 Å². The van der Waals surface area contributed by atoms with E-state index in [2.05, 4.69) is 4.72 Å². The summed E-state index contributed by atoms with van der Waals surface area (Å²) in [6, 6.07) is 4.46. The number of hydrogen-bond acceptors (Lipinski definition) is 4. The zero-order chi connectivity index (χ0) is 16.4. The first-order valence-electron chi connectivity index (χ1n) is 6.84. The van der Waals surface area contributed by atoms with Gasteiger partial charge in [0, 0.05) is 24.8 Å². The van der Waals surface area contributed by atoms with Crippen LogP contribution in [0, 0.1) is 12.3 Å². The Hall–Kier alpha value is -1.15. The van der Waals surface area contributed by atoms with Crippen molar-refractivity contribution in [2.75, 3.05) is 19.8 Å². The van der Waals surface area contributed by atoms with Crippen molar-refractivity contribution in [3.05, 3.63) is 28.8 Å². The third kappa shape index (κ3) is 3.60. The number of hydrogen-bond donors (Lipinski definition) is 2. The molecule has 0 radical (unpaired) electrons. The predicted octanol–water partition coefficient (Wildman–Crippen LogP) is 1.81. The number of ether oxygens (including phenoxy) is 1. The van der Waals surface area contributed by atoms with Crippen LogP contribution in [0.25, 0.3) is 0 Å². The molecule has 6 nitrogen and oxygen atoms in total. The van der Waals surface area contributed by atoms with Crippen LogP contribution in [0.1, 0.15) is 18.4 Å². The third-order valence-electron chi connectivity index (χ3n) is 3.93. The molecule has 1 aliphatic rings. The van der Waals surface area contributed by atoms with Gasteiger partial charge in [-0.1, -0.05) is 11.6 Å². The zero-order valence-electron chi connectivity index (χ0n) is 12.1. The Morgan fingerprint density at radius 2 is 2.05 bits per heavy atom. The van der Waals surface area contributed by atoms with E-state index in [4.69, 9.17) is 16.3 Å². The van der Waals surface area contributed by atoms with Gasteiger partial charge in [-0.05, 0) is 43.5 Å². The summed E-state index contributed by atoms with van der Waals surface area (Å²) in [4.78, 5) is 11.6. The van der Waals surface area contributed by atoms with Crippen molar-refractivity contribution in [1.29, 1.82) is 0 Å². The number of sulfonamides is 1. The summed E-state index contributed by atoms with van der Waals surface area (Å²) in [7, 11) is -3.79. The molecule has 0 saturated carbocycles. The van der Waals surface area contributed by atoms with Crippen molar-refractivity contribution >= 4 is 27.6 Å². The molecule has 0 amide bonds. The van der Waals surface area contributed by atoms with E-state index >= 15 is 0 Å². The largest absolute Gasteiger partial charge is 0.481 e. The normalized spacial score (nSPS) is 18.1. The average Bonchev–Trinajstić information content (AvgIpc) is 2.45. The highest BCUT2D eigenvalue weighted by atomic mass is 35.5. The van der Waals surface area contributed by atoms with E-state index in [0.29, 0.717) is 23.8 Å². The molecule has 1 aromatic rings. The summed E-state index contributed by atoms with van der Waals surface area (Å²) in [6.45, 7) is 2.11. The van der Waals surface area contributed by atoms with Gasteiger partial charge in [-0.25, -0.2) is 13.1 Å². The van der Waals surface area contributed by atoms with Crippen LogP contribution in [0.15, 0.2) is 23.1 Å². The molecule has 1 aliphatic heterocycles. The van der Waals surface area contributed by atoms with Gasteiger partial charge in [0.2, 0.25) is 10.0 Å². The monoisotopic (exact) mass is 347 g/mol. The Kier molecular flexibility index (Phi) is 5.11. The topological polar surface area (TPSA) is 92.7 Å². The second-order valence-electron chi connectivity index (χ2n) is 5.43. The minimum Gasteiger partial charge on any atom is -0.481 e. The highest BCUT2D eigenvalue weighted by Gasteiger charge is 2.41. The molecule has 2 N–H and O–H groups in total. The molecule has 1 fully saturated rings. The van der Waals surface area contributed by atoms with Crippen LogP contribution in [0.5, 0.6) is 0 Å². The van der Waals surface area contributed by atoms with Crippen LogP contribution in [-0.2, 0) is 19.6 Å². The summed E-state index contributed by atoms with van der Waals surface area (Å²) < 4.78 is 32.4. The molecule has 1 heterocycles. The van der Waals surface area contributed by atoms with Crippen molar-refractivity contribution in [2.24, 2.45) is 5.41 Å². The summed E-state index contributed by atoms with van der Waals surface area (Å²) in [6.07, 6.45) is 0.564. The summed E-state index contributed by atoms with van der Waals surface area (Å²) in [5.74, 6) is -1.01. The number of nitrogens with one attached hydrogen (secondary N) is 1. The molecule has 0 unspecified atom stereocenters. The number of halogens is 1. The summed E-state index contributed by atoms with van der Waals surface area (Å²) in [5, 5.41) is 9.89. The lowest BCUT2D eigenvalue weighted by molar-refractivity contribution is -0.154. The highest BCUT2D eigenvalue weighted by Crippen LogP contribution is 2.31. The average molecular weight is 348 g/mol. The van der Waals surface area contributed by atoms with Gasteiger partial charge in [-0.3, -0.25) is 4.79 Å². The fourth-order valence-electron chi connectivity index (χ4n) is 2.45. The maximum Gasteiger partial charge on any atom is 0.311 e. The number of carboxylic acids is 1. The molecule has 1 aromatic carbocycles. The van der Waals surface area contributed by atoms with E-state index in [1.54, 1.807) is 13.0 Å².